The number of hydrogen-bond acceptors (Lipinski definition) is 6. The lowest BCUT2D eigenvalue weighted by Crippen LogP contribution is -2.28. The zero-order valence-corrected chi connectivity index (χ0v) is 13.9. The van der Waals surface area contributed by atoms with Crippen molar-refractivity contribution in [3.63, 3.8) is 0 Å². The van der Waals surface area contributed by atoms with Crippen LogP contribution in [0.25, 0.3) is 0 Å². The Kier molecular flexibility index (Phi) is 5.19. The van der Waals surface area contributed by atoms with E-state index in [9.17, 15) is 4.79 Å². The van der Waals surface area contributed by atoms with Crippen LogP contribution >= 0.6 is 11.3 Å². The zero-order chi connectivity index (χ0) is 16.1. The van der Waals surface area contributed by atoms with Crippen LogP contribution in [0, 0.1) is 0 Å². The number of anilines is 1. The topological polar surface area (TPSA) is 67.3 Å². The van der Waals surface area contributed by atoms with Crippen LogP contribution in [-0.2, 0) is 4.74 Å². The normalized spacial score (nSPS) is 15.6. The van der Waals surface area contributed by atoms with Gasteiger partial charge < -0.3 is 15.0 Å². The van der Waals surface area contributed by atoms with Gasteiger partial charge in [0.05, 0.1) is 12.4 Å². The lowest BCUT2D eigenvalue weighted by atomic mass is 10.3. The highest BCUT2D eigenvalue weighted by molar-refractivity contribution is 7.10. The van der Waals surface area contributed by atoms with Gasteiger partial charge in [0.2, 0.25) is 0 Å². The molecule has 0 saturated carbocycles. The van der Waals surface area contributed by atoms with Crippen LogP contribution in [0.15, 0.2) is 29.9 Å². The Balaban J connectivity index is 1.64. The second-order valence-corrected chi connectivity index (χ2v) is 6.39. The molecule has 1 aliphatic heterocycles. The predicted molar refractivity (Wildman–Crippen MR) is 89.7 cm³/mol. The first-order valence-electron chi connectivity index (χ1n) is 7.69. The minimum atomic E-state index is -0.0465. The van der Waals surface area contributed by atoms with E-state index in [-0.39, 0.29) is 12.0 Å². The molecular formula is C16H20N4O2S. The number of methoxy groups -OCH3 is 1. The Labute approximate surface area is 139 Å². The van der Waals surface area contributed by atoms with Gasteiger partial charge in [0, 0.05) is 31.6 Å². The quantitative estimate of drug-likeness (QED) is 0.880. The lowest BCUT2D eigenvalue weighted by Gasteiger charge is -2.16. The second-order valence-electron chi connectivity index (χ2n) is 5.41. The monoisotopic (exact) mass is 332 g/mol. The molecule has 0 bridgehead atoms. The van der Waals surface area contributed by atoms with E-state index in [0.717, 1.165) is 30.8 Å². The fourth-order valence-electron chi connectivity index (χ4n) is 2.61. The van der Waals surface area contributed by atoms with E-state index < -0.39 is 0 Å². The summed E-state index contributed by atoms with van der Waals surface area (Å²) in [5.74, 6) is 0.550. The van der Waals surface area contributed by atoms with Crippen molar-refractivity contribution >= 4 is 23.1 Å². The maximum absolute atomic E-state index is 12.4. The van der Waals surface area contributed by atoms with Crippen molar-refractivity contribution in [1.82, 2.24) is 14.9 Å². The molecule has 1 N–H and O–H groups in total. The number of likely N-dealkylation sites (tertiary alicyclic amines) is 1. The summed E-state index contributed by atoms with van der Waals surface area (Å²) in [5.41, 5.74) is 0.391. The summed E-state index contributed by atoms with van der Waals surface area (Å²) in [5, 5.41) is 5.23. The van der Waals surface area contributed by atoms with Gasteiger partial charge in [-0.25, -0.2) is 4.98 Å². The third-order valence-electron chi connectivity index (χ3n) is 3.86. The van der Waals surface area contributed by atoms with Crippen LogP contribution in [0.4, 0.5) is 5.82 Å². The number of ether oxygens (including phenoxy) is 1. The van der Waals surface area contributed by atoms with Crippen LogP contribution in [-0.4, -0.2) is 47.5 Å². The summed E-state index contributed by atoms with van der Waals surface area (Å²) in [4.78, 5) is 23.9. The lowest BCUT2D eigenvalue weighted by molar-refractivity contribution is 0.0786. The van der Waals surface area contributed by atoms with E-state index in [2.05, 4.69) is 15.3 Å². The van der Waals surface area contributed by atoms with E-state index in [0.29, 0.717) is 18.1 Å². The maximum Gasteiger partial charge on any atom is 0.274 e. The molecule has 1 atom stereocenters. The Morgan fingerprint density at radius 2 is 2.26 bits per heavy atom. The van der Waals surface area contributed by atoms with Gasteiger partial charge in [-0.05, 0) is 24.3 Å². The van der Waals surface area contributed by atoms with Crippen LogP contribution in [0.1, 0.15) is 34.3 Å². The molecule has 2 aromatic heterocycles. The number of nitrogens with one attached hydrogen (secondary N) is 1. The number of rotatable bonds is 6. The number of nitrogens with zero attached hydrogens (tertiary/aromatic N) is 3. The summed E-state index contributed by atoms with van der Waals surface area (Å²) in [7, 11) is 1.69. The molecule has 0 spiro atoms. The minimum absolute atomic E-state index is 0.0415. The fraction of sp³-hybridized carbons (Fsp3) is 0.438. The van der Waals surface area contributed by atoms with E-state index in [1.807, 2.05) is 22.4 Å². The molecule has 1 amide bonds. The second kappa shape index (κ2) is 7.52. The van der Waals surface area contributed by atoms with E-state index in [4.69, 9.17) is 4.74 Å². The summed E-state index contributed by atoms with van der Waals surface area (Å²) < 4.78 is 5.50. The summed E-state index contributed by atoms with van der Waals surface area (Å²) in [6, 6.07) is 4.04. The first kappa shape index (κ1) is 15.9. The van der Waals surface area contributed by atoms with Gasteiger partial charge >= 0.3 is 0 Å². The predicted octanol–water partition coefficient (Wildman–Crippen LogP) is 2.57. The summed E-state index contributed by atoms with van der Waals surface area (Å²) in [6.45, 7) is 2.19. The van der Waals surface area contributed by atoms with Crippen molar-refractivity contribution in [3.8, 4) is 0 Å². The Hall–Kier alpha value is -1.99. The molecule has 1 aliphatic rings. The maximum atomic E-state index is 12.4. The van der Waals surface area contributed by atoms with Crippen molar-refractivity contribution < 1.29 is 9.53 Å². The molecule has 2 aromatic rings. The van der Waals surface area contributed by atoms with Gasteiger partial charge in [-0.3, -0.25) is 9.78 Å². The number of amides is 1. The molecule has 1 unspecified atom stereocenters. The van der Waals surface area contributed by atoms with Gasteiger partial charge in [-0.1, -0.05) is 6.07 Å². The van der Waals surface area contributed by atoms with Gasteiger partial charge in [0.1, 0.15) is 17.6 Å². The third kappa shape index (κ3) is 3.86. The number of hydrogen-bond donors (Lipinski definition) is 1. The third-order valence-corrected chi connectivity index (χ3v) is 4.82. The van der Waals surface area contributed by atoms with E-state index in [1.54, 1.807) is 24.6 Å². The minimum Gasteiger partial charge on any atom is -0.374 e. The highest BCUT2D eigenvalue weighted by Crippen LogP contribution is 2.22. The van der Waals surface area contributed by atoms with Crippen LogP contribution in [0.5, 0.6) is 0 Å². The van der Waals surface area contributed by atoms with Crippen molar-refractivity contribution in [2.24, 2.45) is 0 Å². The van der Waals surface area contributed by atoms with Crippen LogP contribution < -0.4 is 5.32 Å². The highest BCUT2D eigenvalue weighted by Gasteiger charge is 2.21. The first-order valence-corrected chi connectivity index (χ1v) is 8.57. The van der Waals surface area contributed by atoms with Gasteiger partial charge in [0.15, 0.2) is 0 Å². The molecule has 0 radical (unpaired) electrons. The molecule has 0 aromatic carbocycles. The standard InChI is InChI=1S/C16H20N4O2S/c1-22-13(14-5-4-8-23-14)10-18-15-11-17-9-12(19-15)16(21)20-6-2-3-7-20/h4-5,8-9,11,13H,2-3,6-7,10H2,1H3,(H,18,19). The zero-order valence-electron chi connectivity index (χ0n) is 13.1. The number of thiophene rings is 1. The molecule has 1 fully saturated rings. The van der Waals surface area contributed by atoms with Crippen LogP contribution in [0.3, 0.4) is 0 Å². The summed E-state index contributed by atoms with van der Waals surface area (Å²) in [6.07, 6.45) is 5.23. The number of carbonyl (C=O) groups excluding carboxylic acids is 1. The Morgan fingerprint density at radius 1 is 1.43 bits per heavy atom. The molecule has 6 nitrogen and oxygen atoms in total. The van der Waals surface area contributed by atoms with Gasteiger partial charge in [-0.2, -0.15) is 0 Å². The molecule has 23 heavy (non-hydrogen) atoms. The van der Waals surface area contributed by atoms with E-state index in [1.165, 1.54) is 6.20 Å². The number of carbonyl (C=O) groups is 1. The molecular weight excluding hydrogens is 312 g/mol. The molecule has 7 heteroatoms. The smallest absolute Gasteiger partial charge is 0.274 e. The Morgan fingerprint density at radius 3 is 2.96 bits per heavy atom. The van der Waals surface area contributed by atoms with Crippen molar-refractivity contribution in [2.75, 3.05) is 32.1 Å². The molecule has 3 heterocycles. The average Bonchev–Trinajstić information content (AvgIpc) is 3.29. The van der Waals surface area contributed by atoms with Crippen LogP contribution in [0.2, 0.25) is 0 Å². The molecule has 1 saturated heterocycles. The van der Waals surface area contributed by atoms with Gasteiger partial charge in [-0.15, -0.1) is 11.3 Å². The van der Waals surface area contributed by atoms with E-state index >= 15 is 0 Å². The van der Waals surface area contributed by atoms with Crippen molar-refractivity contribution in [3.05, 3.63) is 40.5 Å². The summed E-state index contributed by atoms with van der Waals surface area (Å²) >= 11 is 1.65. The molecule has 3 rings (SSSR count). The molecule has 122 valence electrons. The fourth-order valence-corrected chi connectivity index (χ4v) is 3.41. The van der Waals surface area contributed by atoms with Gasteiger partial charge in [0.25, 0.3) is 5.91 Å². The van der Waals surface area contributed by atoms with Crippen molar-refractivity contribution in [2.45, 2.75) is 18.9 Å². The largest absolute Gasteiger partial charge is 0.374 e. The SMILES string of the molecule is COC(CNc1cncc(C(=O)N2CCCC2)n1)c1cccs1. The molecule has 0 aliphatic carbocycles. The number of aromatic nitrogens is 2. The average molecular weight is 332 g/mol. The highest BCUT2D eigenvalue weighted by atomic mass is 32.1. The Bertz CT molecular complexity index is 641. The van der Waals surface area contributed by atoms with Crippen molar-refractivity contribution in [1.29, 1.82) is 0 Å². The first-order chi connectivity index (χ1) is 11.3.